The maximum atomic E-state index is 12.7. The van der Waals surface area contributed by atoms with E-state index in [0.717, 1.165) is 24.4 Å². The zero-order valence-corrected chi connectivity index (χ0v) is 18.2. The Bertz CT molecular complexity index is 1140. The molecule has 0 saturated heterocycles. The number of carbonyl (C=O) groups is 1. The zero-order valence-electron chi connectivity index (χ0n) is 17.3. The first-order chi connectivity index (χ1) is 14.3. The van der Waals surface area contributed by atoms with Crippen LogP contribution >= 0.6 is 0 Å². The predicted octanol–water partition coefficient (Wildman–Crippen LogP) is 3.43. The summed E-state index contributed by atoms with van der Waals surface area (Å²) in [4.78, 5) is 16.7. The lowest BCUT2D eigenvalue weighted by atomic mass is 10.2. The number of amides is 1. The fourth-order valence-electron chi connectivity index (χ4n) is 3.09. The molecule has 3 aromatic rings. The van der Waals surface area contributed by atoms with Gasteiger partial charge in [0.15, 0.2) is 0 Å². The Balaban J connectivity index is 1.57. The number of imidazole rings is 1. The van der Waals surface area contributed by atoms with E-state index in [-0.39, 0.29) is 10.8 Å². The van der Waals surface area contributed by atoms with Gasteiger partial charge in [-0.05, 0) is 68.7 Å². The van der Waals surface area contributed by atoms with Crippen LogP contribution in [0.5, 0.6) is 0 Å². The van der Waals surface area contributed by atoms with Gasteiger partial charge in [-0.1, -0.05) is 12.1 Å². The molecule has 0 fully saturated rings. The van der Waals surface area contributed by atoms with Gasteiger partial charge in [-0.2, -0.15) is 0 Å². The van der Waals surface area contributed by atoms with Gasteiger partial charge in [-0.15, -0.1) is 0 Å². The predicted molar refractivity (Wildman–Crippen MR) is 117 cm³/mol. The highest BCUT2D eigenvalue weighted by Crippen LogP contribution is 2.21. The molecule has 30 heavy (non-hydrogen) atoms. The van der Waals surface area contributed by atoms with Gasteiger partial charge in [0, 0.05) is 36.7 Å². The summed E-state index contributed by atoms with van der Waals surface area (Å²) < 4.78 is 30.0. The molecule has 0 atom stereocenters. The summed E-state index contributed by atoms with van der Waals surface area (Å²) in [6, 6.07) is 11.7. The second-order valence-corrected chi connectivity index (χ2v) is 8.88. The molecule has 0 saturated carbocycles. The van der Waals surface area contributed by atoms with Crippen molar-refractivity contribution in [2.45, 2.75) is 38.6 Å². The Morgan fingerprint density at radius 2 is 1.80 bits per heavy atom. The third-order valence-electron chi connectivity index (χ3n) is 4.82. The highest BCUT2D eigenvalue weighted by molar-refractivity contribution is 7.92. The van der Waals surface area contributed by atoms with Gasteiger partial charge in [0.2, 0.25) is 0 Å². The maximum Gasteiger partial charge on any atom is 0.262 e. The van der Waals surface area contributed by atoms with E-state index in [1.165, 1.54) is 0 Å². The summed E-state index contributed by atoms with van der Waals surface area (Å²) in [6.45, 7) is 6.87. The number of hydrogen-bond acceptors (Lipinski definition) is 4. The number of rotatable bonds is 8. The number of carbonyl (C=O) groups excluding carboxylic acids is 1. The van der Waals surface area contributed by atoms with Crippen LogP contribution in [0.25, 0.3) is 0 Å². The van der Waals surface area contributed by atoms with E-state index in [9.17, 15) is 13.2 Å². The first kappa shape index (κ1) is 21.6. The Hall–Kier alpha value is -3.13. The molecule has 158 valence electrons. The number of aryl methyl sites for hydroxylation is 4. The normalized spacial score (nSPS) is 11.3. The van der Waals surface area contributed by atoms with Crippen molar-refractivity contribution in [1.82, 2.24) is 14.9 Å². The van der Waals surface area contributed by atoms with Crippen LogP contribution in [0.1, 0.15) is 33.7 Å². The van der Waals surface area contributed by atoms with Gasteiger partial charge in [0.05, 0.1) is 4.90 Å². The van der Waals surface area contributed by atoms with Gasteiger partial charge < -0.3 is 9.88 Å². The van der Waals surface area contributed by atoms with Crippen LogP contribution in [-0.4, -0.2) is 30.4 Å². The van der Waals surface area contributed by atoms with Crippen LogP contribution in [0.2, 0.25) is 0 Å². The van der Waals surface area contributed by atoms with Crippen LogP contribution < -0.4 is 10.0 Å². The topological polar surface area (TPSA) is 93.1 Å². The average Bonchev–Trinajstić information content (AvgIpc) is 3.12. The van der Waals surface area contributed by atoms with E-state index in [1.54, 1.807) is 49.5 Å². The number of aromatic nitrogens is 2. The average molecular weight is 427 g/mol. The van der Waals surface area contributed by atoms with Crippen molar-refractivity contribution in [3.63, 3.8) is 0 Å². The van der Waals surface area contributed by atoms with Crippen LogP contribution in [0.4, 0.5) is 5.69 Å². The van der Waals surface area contributed by atoms with E-state index in [1.807, 2.05) is 30.7 Å². The standard InChI is InChI=1S/C22H26N4O3S/c1-16-5-6-17(2)21(15-16)30(28,29)25-20-9-7-19(8-10-20)22(27)24-11-4-13-26-14-12-23-18(26)3/h5-10,12,14-15,25H,4,11,13H2,1-3H3,(H,24,27). The minimum atomic E-state index is -3.70. The van der Waals surface area contributed by atoms with Crippen LogP contribution in [-0.2, 0) is 16.6 Å². The largest absolute Gasteiger partial charge is 0.352 e. The van der Waals surface area contributed by atoms with E-state index in [4.69, 9.17) is 0 Å². The summed E-state index contributed by atoms with van der Waals surface area (Å²) >= 11 is 0. The lowest BCUT2D eigenvalue weighted by Crippen LogP contribution is -2.25. The number of anilines is 1. The van der Waals surface area contributed by atoms with Gasteiger partial charge in [-0.25, -0.2) is 13.4 Å². The molecule has 0 radical (unpaired) electrons. The minimum absolute atomic E-state index is 0.193. The van der Waals surface area contributed by atoms with Crippen molar-refractivity contribution in [1.29, 1.82) is 0 Å². The number of nitrogens with one attached hydrogen (secondary N) is 2. The quantitative estimate of drug-likeness (QED) is 0.540. The molecular formula is C22H26N4O3S. The summed E-state index contributed by atoms with van der Waals surface area (Å²) in [5, 5.41) is 2.88. The fraction of sp³-hybridized carbons (Fsp3) is 0.273. The number of benzene rings is 2. The smallest absolute Gasteiger partial charge is 0.262 e. The van der Waals surface area contributed by atoms with Crippen LogP contribution in [0.15, 0.2) is 59.8 Å². The molecule has 1 amide bonds. The molecule has 0 unspecified atom stereocenters. The molecule has 0 aliphatic carbocycles. The Labute approximate surface area is 177 Å². The summed E-state index contributed by atoms with van der Waals surface area (Å²) in [6.07, 6.45) is 4.45. The Kier molecular flexibility index (Phi) is 6.56. The molecule has 8 heteroatoms. The van der Waals surface area contributed by atoms with E-state index >= 15 is 0 Å². The molecule has 1 aromatic heterocycles. The third kappa shape index (κ3) is 5.27. The molecule has 0 bridgehead atoms. The van der Waals surface area contributed by atoms with Crippen molar-refractivity contribution in [3.8, 4) is 0 Å². The van der Waals surface area contributed by atoms with Crippen LogP contribution in [0.3, 0.4) is 0 Å². The number of hydrogen-bond donors (Lipinski definition) is 2. The summed E-state index contributed by atoms with van der Waals surface area (Å²) in [5.41, 5.74) is 2.43. The molecule has 0 aliphatic heterocycles. The lowest BCUT2D eigenvalue weighted by molar-refractivity contribution is 0.0952. The first-order valence-corrected chi connectivity index (χ1v) is 11.2. The fourth-order valence-corrected chi connectivity index (χ4v) is 4.48. The van der Waals surface area contributed by atoms with Gasteiger partial charge in [0.1, 0.15) is 5.82 Å². The second kappa shape index (κ2) is 9.13. The summed E-state index contributed by atoms with van der Waals surface area (Å²) in [7, 11) is -3.70. The molecule has 0 spiro atoms. The van der Waals surface area contributed by atoms with Gasteiger partial charge in [-0.3, -0.25) is 9.52 Å². The minimum Gasteiger partial charge on any atom is -0.352 e. The highest BCUT2D eigenvalue weighted by Gasteiger charge is 2.17. The van der Waals surface area contributed by atoms with Gasteiger partial charge in [0.25, 0.3) is 15.9 Å². The van der Waals surface area contributed by atoms with Crippen molar-refractivity contribution >= 4 is 21.6 Å². The third-order valence-corrected chi connectivity index (χ3v) is 6.34. The number of nitrogens with zero attached hydrogens (tertiary/aromatic N) is 2. The monoisotopic (exact) mass is 426 g/mol. The molecule has 2 aromatic carbocycles. The number of sulfonamides is 1. The zero-order chi connectivity index (χ0) is 21.7. The van der Waals surface area contributed by atoms with Crippen molar-refractivity contribution in [2.75, 3.05) is 11.3 Å². The van der Waals surface area contributed by atoms with Crippen LogP contribution in [0, 0.1) is 20.8 Å². The van der Waals surface area contributed by atoms with Crippen molar-refractivity contribution in [3.05, 3.63) is 77.4 Å². The maximum absolute atomic E-state index is 12.7. The molecule has 2 N–H and O–H groups in total. The van der Waals surface area contributed by atoms with E-state index < -0.39 is 10.0 Å². The molecule has 0 aliphatic rings. The molecule has 7 nitrogen and oxygen atoms in total. The Morgan fingerprint density at radius 3 is 2.47 bits per heavy atom. The highest BCUT2D eigenvalue weighted by atomic mass is 32.2. The molecule has 1 heterocycles. The van der Waals surface area contributed by atoms with E-state index in [2.05, 4.69) is 15.0 Å². The van der Waals surface area contributed by atoms with Crippen molar-refractivity contribution in [2.24, 2.45) is 0 Å². The molecular weight excluding hydrogens is 400 g/mol. The van der Waals surface area contributed by atoms with Crippen molar-refractivity contribution < 1.29 is 13.2 Å². The first-order valence-electron chi connectivity index (χ1n) is 9.72. The summed E-state index contributed by atoms with van der Waals surface area (Å²) in [5.74, 6) is 0.751. The van der Waals surface area contributed by atoms with Gasteiger partial charge >= 0.3 is 0 Å². The SMILES string of the molecule is Cc1ccc(C)c(S(=O)(=O)Nc2ccc(C(=O)NCCCn3ccnc3C)cc2)c1. The molecule has 3 rings (SSSR count). The Morgan fingerprint density at radius 1 is 1.07 bits per heavy atom. The second-order valence-electron chi connectivity index (χ2n) is 7.23. The van der Waals surface area contributed by atoms with E-state index in [0.29, 0.717) is 23.4 Å². The lowest BCUT2D eigenvalue weighted by Gasteiger charge is -2.12.